The molecule has 0 aromatic carbocycles. The van der Waals surface area contributed by atoms with Crippen molar-refractivity contribution in [3.8, 4) is 0 Å². The molecule has 0 bridgehead atoms. The minimum atomic E-state index is -0.397. The molecule has 0 aliphatic carbocycles. The number of pyridine rings is 1. The van der Waals surface area contributed by atoms with Crippen LogP contribution in [0.1, 0.15) is 28.3 Å². The topological polar surface area (TPSA) is 109 Å². The lowest BCUT2D eigenvalue weighted by Gasteiger charge is -2.13. The minimum absolute atomic E-state index is 0.0937. The maximum Gasteiger partial charge on any atom is 0.331 e. The lowest BCUT2D eigenvalue weighted by Crippen LogP contribution is -2.41. The molecule has 0 saturated heterocycles. The van der Waals surface area contributed by atoms with Gasteiger partial charge in [0.25, 0.3) is 5.56 Å². The summed E-state index contributed by atoms with van der Waals surface area (Å²) in [4.78, 5) is 37.7. The first kappa shape index (κ1) is 17.7. The smallest absolute Gasteiger partial charge is 0.326 e. The molecule has 3 aromatic rings. The summed E-state index contributed by atoms with van der Waals surface area (Å²) in [5.41, 5.74) is 8.54. The Bertz CT molecular complexity index is 1040. The van der Waals surface area contributed by atoms with Gasteiger partial charge in [0.15, 0.2) is 0 Å². The highest BCUT2D eigenvalue weighted by Crippen LogP contribution is 2.06. The Hall–Kier alpha value is -3.13. The second-order valence-corrected chi connectivity index (χ2v) is 6.09. The average molecular weight is 352 g/mol. The zero-order valence-corrected chi connectivity index (χ0v) is 14.7. The van der Waals surface area contributed by atoms with E-state index < -0.39 is 5.69 Å². The molecular formula is C18H20N6O2. The van der Waals surface area contributed by atoms with Crippen LogP contribution in [0.4, 0.5) is 0 Å². The highest BCUT2D eigenvalue weighted by molar-refractivity contribution is 5.21. The summed E-state index contributed by atoms with van der Waals surface area (Å²) >= 11 is 0. The molecular weight excluding hydrogens is 332 g/mol. The number of rotatable bonds is 5. The molecule has 0 aliphatic rings. The van der Waals surface area contributed by atoms with Gasteiger partial charge >= 0.3 is 5.69 Å². The Kier molecular flexibility index (Phi) is 5.04. The highest BCUT2D eigenvalue weighted by atomic mass is 16.2. The van der Waals surface area contributed by atoms with Gasteiger partial charge in [-0.25, -0.2) is 14.8 Å². The van der Waals surface area contributed by atoms with E-state index in [1.165, 1.54) is 21.5 Å². The molecule has 26 heavy (non-hydrogen) atoms. The van der Waals surface area contributed by atoms with Gasteiger partial charge in [-0.05, 0) is 37.6 Å². The quantitative estimate of drug-likeness (QED) is 0.710. The van der Waals surface area contributed by atoms with Crippen molar-refractivity contribution in [2.45, 2.75) is 33.5 Å². The summed E-state index contributed by atoms with van der Waals surface area (Å²) < 4.78 is 2.69. The van der Waals surface area contributed by atoms with Crippen LogP contribution in [0, 0.1) is 13.8 Å². The Balaban J connectivity index is 2.03. The van der Waals surface area contributed by atoms with Crippen LogP contribution in [0.15, 0.2) is 46.4 Å². The number of aryl methyl sites for hydroxylation is 2. The number of hydrogen-bond acceptors (Lipinski definition) is 6. The summed E-state index contributed by atoms with van der Waals surface area (Å²) in [6.07, 6.45) is 3.04. The maximum absolute atomic E-state index is 12.9. The zero-order chi connectivity index (χ0) is 18.7. The van der Waals surface area contributed by atoms with E-state index in [9.17, 15) is 9.59 Å². The normalized spacial score (nSPS) is 10.9. The summed E-state index contributed by atoms with van der Waals surface area (Å²) in [7, 11) is 0. The van der Waals surface area contributed by atoms with Crippen LogP contribution in [0.5, 0.6) is 0 Å². The molecule has 3 rings (SSSR count). The van der Waals surface area contributed by atoms with Crippen molar-refractivity contribution in [3.63, 3.8) is 0 Å². The molecule has 0 radical (unpaired) electrons. The predicted molar refractivity (Wildman–Crippen MR) is 96.8 cm³/mol. The van der Waals surface area contributed by atoms with Gasteiger partial charge in [0.1, 0.15) is 6.33 Å². The van der Waals surface area contributed by atoms with E-state index in [1.807, 2.05) is 19.1 Å². The SMILES string of the molecule is Cc1cc(CN)cc(Cn2c(=O)cc(C)n(Cc3ccncn3)c2=O)n1. The molecule has 0 aliphatic heterocycles. The van der Waals surface area contributed by atoms with Crippen LogP contribution >= 0.6 is 0 Å². The first-order valence-electron chi connectivity index (χ1n) is 8.20. The molecule has 0 fully saturated rings. The lowest BCUT2D eigenvalue weighted by molar-refractivity contribution is 0.586. The van der Waals surface area contributed by atoms with E-state index in [-0.39, 0.29) is 18.6 Å². The third-order valence-corrected chi connectivity index (χ3v) is 4.07. The highest BCUT2D eigenvalue weighted by Gasteiger charge is 2.11. The summed E-state index contributed by atoms with van der Waals surface area (Å²) in [5, 5.41) is 0. The van der Waals surface area contributed by atoms with E-state index >= 15 is 0 Å². The van der Waals surface area contributed by atoms with Crippen LogP contribution in [0.2, 0.25) is 0 Å². The minimum Gasteiger partial charge on any atom is -0.326 e. The van der Waals surface area contributed by atoms with Crippen LogP contribution in [0.3, 0.4) is 0 Å². The summed E-state index contributed by atoms with van der Waals surface area (Å²) in [5.74, 6) is 0. The van der Waals surface area contributed by atoms with Crippen molar-refractivity contribution in [2.75, 3.05) is 0 Å². The van der Waals surface area contributed by atoms with Gasteiger partial charge in [-0.3, -0.25) is 18.9 Å². The molecule has 8 heteroatoms. The lowest BCUT2D eigenvalue weighted by atomic mass is 10.2. The third-order valence-electron chi connectivity index (χ3n) is 4.07. The molecule has 134 valence electrons. The average Bonchev–Trinajstić information content (AvgIpc) is 2.62. The Labute approximate surface area is 150 Å². The fourth-order valence-electron chi connectivity index (χ4n) is 2.81. The van der Waals surface area contributed by atoms with Gasteiger partial charge in [-0.15, -0.1) is 0 Å². The van der Waals surface area contributed by atoms with Gasteiger partial charge in [0.05, 0.1) is 24.5 Å². The summed E-state index contributed by atoms with van der Waals surface area (Å²) in [6, 6.07) is 6.88. The molecule has 0 saturated carbocycles. The van der Waals surface area contributed by atoms with Gasteiger partial charge in [-0.2, -0.15) is 0 Å². The van der Waals surface area contributed by atoms with Gasteiger partial charge in [-0.1, -0.05) is 0 Å². The molecule has 3 heterocycles. The first-order valence-corrected chi connectivity index (χ1v) is 8.20. The fraction of sp³-hybridized carbons (Fsp3) is 0.278. The Morgan fingerprint density at radius 2 is 1.81 bits per heavy atom. The van der Waals surface area contributed by atoms with Crippen LogP contribution in [-0.4, -0.2) is 24.1 Å². The molecule has 8 nitrogen and oxygen atoms in total. The van der Waals surface area contributed by atoms with Gasteiger partial charge < -0.3 is 5.73 Å². The van der Waals surface area contributed by atoms with E-state index in [2.05, 4.69) is 15.0 Å². The van der Waals surface area contributed by atoms with Gasteiger partial charge in [0, 0.05) is 30.2 Å². The molecule has 0 unspecified atom stereocenters. The summed E-state index contributed by atoms with van der Waals surface area (Å²) in [6.45, 7) is 4.32. The molecule has 0 atom stereocenters. The Morgan fingerprint density at radius 1 is 1.04 bits per heavy atom. The Morgan fingerprint density at radius 3 is 2.50 bits per heavy atom. The standard InChI is InChI=1S/C18H20N6O2/c1-12-5-14(8-19)7-16(22-12)10-24-17(25)6-13(2)23(18(24)26)9-15-3-4-20-11-21-15/h3-7,11H,8-10,19H2,1-2H3. The first-order chi connectivity index (χ1) is 12.5. The number of nitrogens with zero attached hydrogens (tertiary/aromatic N) is 5. The number of aromatic nitrogens is 5. The molecule has 2 N–H and O–H groups in total. The largest absolute Gasteiger partial charge is 0.331 e. The third kappa shape index (κ3) is 3.75. The van der Waals surface area contributed by atoms with Crippen molar-refractivity contribution < 1.29 is 0 Å². The second-order valence-electron chi connectivity index (χ2n) is 6.09. The maximum atomic E-state index is 12.9. The molecule has 3 aromatic heterocycles. The van der Waals surface area contributed by atoms with Crippen molar-refractivity contribution in [2.24, 2.45) is 5.73 Å². The van der Waals surface area contributed by atoms with Crippen LogP contribution < -0.4 is 17.0 Å². The molecule has 0 amide bonds. The second kappa shape index (κ2) is 7.40. The number of hydrogen-bond donors (Lipinski definition) is 1. The van der Waals surface area contributed by atoms with Gasteiger partial charge in [0.2, 0.25) is 0 Å². The van der Waals surface area contributed by atoms with Crippen molar-refractivity contribution in [3.05, 3.63) is 86.0 Å². The van der Waals surface area contributed by atoms with Crippen molar-refractivity contribution in [1.82, 2.24) is 24.1 Å². The van der Waals surface area contributed by atoms with Crippen molar-refractivity contribution >= 4 is 0 Å². The van der Waals surface area contributed by atoms with Crippen LogP contribution in [-0.2, 0) is 19.6 Å². The zero-order valence-electron chi connectivity index (χ0n) is 14.7. The van der Waals surface area contributed by atoms with E-state index in [0.29, 0.717) is 23.6 Å². The fourth-order valence-corrected chi connectivity index (χ4v) is 2.81. The van der Waals surface area contributed by atoms with E-state index in [1.54, 1.807) is 19.2 Å². The van der Waals surface area contributed by atoms with Crippen LogP contribution in [0.25, 0.3) is 0 Å². The van der Waals surface area contributed by atoms with Crippen molar-refractivity contribution in [1.29, 1.82) is 0 Å². The molecule has 0 spiro atoms. The van der Waals surface area contributed by atoms with E-state index in [0.717, 1.165) is 11.3 Å². The predicted octanol–water partition coefficient (Wildman–Crippen LogP) is 0.367. The van der Waals surface area contributed by atoms with E-state index in [4.69, 9.17) is 5.73 Å². The monoisotopic (exact) mass is 352 g/mol. The number of nitrogens with two attached hydrogens (primary N) is 1.